The number of nitrogens with zero attached hydrogens (tertiary/aromatic N) is 2. The van der Waals surface area contributed by atoms with Crippen molar-refractivity contribution in [3.8, 4) is 6.07 Å². The van der Waals surface area contributed by atoms with Crippen molar-refractivity contribution >= 4 is 50.0 Å². The molecule has 0 saturated carbocycles. The number of hydrogen-bond donors (Lipinski definition) is 3. The van der Waals surface area contributed by atoms with E-state index in [0.717, 1.165) is 6.26 Å². The van der Waals surface area contributed by atoms with Crippen molar-refractivity contribution in [2.75, 3.05) is 11.0 Å². The zero-order valence-corrected chi connectivity index (χ0v) is 12.5. The van der Waals surface area contributed by atoms with E-state index in [4.69, 9.17) is 23.2 Å². The Morgan fingerprint density at radius 1 is 1.62 bits per heavy atom. The molecule has 0 unspecified atom stereocenters. The molecule has 2 heterocycles. The predicted octanol–water partition coefficient (Wildman–Crippen LogP) is 1.13. The molecule has 9 heteroatoms. The monoisotopic (exact) mass is 321 g/mol. The lowest BCUT2D eigenvalue weighted by Gasteiger charge is -2.06. The fourth-order valence-corrected chi connectivity index (χ4v) is 2.47. The first-order valence-electron chi connectivity index (χ1n) is 5.67. The number of pyridine rings is 1. The first-order valence-corrected chi connectivity index (χ1v) is 7.97. The molecule has 0 bridgehead atoms. The van der Waals surface area contributed by atoms with E-state index in [0.29, 0.717) is 22.3 Å². The molecule has 7 nitrogen and oxygen atoms in total. The third kappa shape index (κ3) is 3.36. The topological polar surface area (TPSA) is 125 Å². The molecule has 108 valence electrons. The summed E-state index contributed by atoms with van der Waals surface area (Å²) in [6.07, 6.45) is 5.60. The lowest BCUT2D eigenvalue weighted by molar-refractivity contribution is 0.607. The number of hydrogen-bond acceptors (Lipinski definition) is 5. The molecule has 0 aliphatic carbocycles. The second kappa shape index (κ2) is 5.51. The number of fused-ring (bicyclic) bond motifs is 1. The van der Waals surface area contributed by atoms with Gasteiger partial charge in [0.1, 0.15) is 16.7 Å². The van der Waals surface area contributed by atoms with Gasteiger partial charge in [-0.3, -0.25) is 4.72 Å². The molecule has 0 amide bonds. The second-order valence-electron chi connectivity index (χ2n) is 4.23. The molecule has 2 rings (SSSR count). The standard InChI is InChI=1S/C12H11N5O2S2/c1-21(18,19)17-9-2-3-15-12-10(9)8(6-16-12)4-7(5-13)11(14)20/h2-4,6H,1H3,(H2,14,20)(H2,15,16,17)/b7-4-. The molecule has 0 saturated heterocycles. The van der Waals surface area contributed by atoms with E-state index in [1.165, 1.54) is 18.3 Å². The molecule has 0 aromatic carbocycles. The van der Waals surface area contributed by atoms with Gasteiger partial charge in [0.05, 0.1) is 22.9 Å². The number of nitrogens with two attached hydrogens (primary N) is 1. The van der Waals surface area contributed by atoms with Crippen LogP contribution in [-0.2, 0) is 10.0 Å². The van der Waals surface area contributed by atoms with Crippen LogP contribution in [-0.4, -0.2) is 29.6 Å². The lowest BCUT2D eigenvalue weighted by Crippen LogP contribution is -2.10. The van der Waals surface area contributed by atoms with Crippen molar-refractivity contribution in [3.05, 3.63) is 29.6 Å². The van der Waals surface area contributed by atoms with Gasteiger partial charge in [-0.05, 0) is 12.1 Å². The van der Waals surface area contributed by atoms with Crippen LogP contribution in [0.5, 0.6) is 0 Å². The fourth-order valence-electron chi connectivity index (χ4n) is 1.79. The predicted molar refractivity (Wildman–Crippen MR) is 84.9 cm³/mol. The maximum absolute atomic E-state index is 11.4. The number of aromatic nitrogens is 2. The number of aromatic amines is 1. The number of nitriles is 1. The highest BCUT2D eigenvalue weighted by molar-refractivity contribution is 7.92. The van der Waals surface area contributed by atoms with Crippen LogP contribution in [0.15, 0.2) is 24.0 Å². The molecule has 21 heavy (non-hydrogen) atoms. The third-order valence-electron chi connectivity index (χ3n) is 2.59. The van der Waals surface area contributed by atoms with Crippen LogP contribution in [0.3, 0.4) is 0 Å². The first kappa shape index (κ1) is 15.0. The summed E-state index contributed by atoms with van der Waals surface area (Å²) in [6.45, 7) is 0. The Morgan fingerprint density at radius 3 is 2.90 bits per heavy atom. The lowest BCUT2D eigenvalue weighted by atomic mass is 10.1. The van der Waals surface area contributed by atoms with Crippen LogP contribution >= 0.6 is 12.2 Å². The average Bonchev–Trinajstić information content (AvgIpc) is 2.78. The molecule has 0 aliphatic rings. The van der Waals surface area contributed by atoms with Crippen molar-refractivity contribution in [1.29, 1.82) is 5.26 Å². The van der Waals surface area contributed by atoms with Crippen LogP contribution in [0, 0.1) is 11.3 Å². The normalized spacial score (nSPS) is 12.1. The summed E-state index contributed by atoms with van der Waals surface area (Å²) in [4.78, 5) is 6.97. The average molecular weight is 321 g/mol. The Hall–Kier alpha value is -2.44. The van der Waals surface area contributed by atoms with Crippen molar-refractivity contribution in [3.63, 3.8) is 0 Å². The van der Waals surface area contributed by atoms with E-state index in [1.54, 1.807) is 6.20 Å². The Bertz CT molecular complexity index is 890. The Kier molecular flexibility index (Phi) is 3.93. The van der Waals surface area contributed by atoms with Gasteiger partial charge in [0.25, 0.3) is 0 Å². The highest BCUT2D eigenvalue weighted by atomic mass is 32.2. The van der Waals surface area contributed by atoms with E-state index in [2.05, 4.69) is 14.7 Å². The summed E-state index contributed by atoms with van der Waals surface area (Å²) in [6, 6.07) is 3.42. The fraction of sp³-hybridized carbons (Fsp3) is 0.0833. The van der Waals surface area contributed by atoms with Gasteiger partial charge in [-0.1, -0.05) is 12.2 Å². The number of sulfonamides is 1. The highest BCUT2D eigenvalue weighted by Gasteiger charge is 2.12. The molecule has 0 fully saturated rings. The second-order valence-corrected chi connectivity index (χ2v) is 6.42. The summed E-state index contributed by atoms with van der Waals surface area (Å²) in [7, 11) is -3.44. The number of H-pyrrole nitrogens is 1. The molecule has 4 N–H and O–H groups in total. The number of thiocarbonyl (C=S) groups is 1. The first-order chi connectivity index (χ1) is 9.81. The maximum atomic E-state index is 11.4. The van der Waals surface area contributed by atoms with Gasteiger partial charge in [0.15, 0.2) is 0 Å². The van der Waals surface area contributed by atoms with Crippen molar-refractivity contribution in [2.24, 2.45) is 5.73 Å². The molecular weight excluding hydrogens is 310 g/mol. The van der Waals surface area contributed by atoms with Crippen molar-refractivity contribution in [1.82, 2.24) is 9.97 Å². The highest BCUT2D eigenvalue weighted by Crippen LogP contribution is 2.27. The quantitative estimate of drug-likeness (QED) is 0.440. The zero-order chi connectivity index (χ0) is 15.6. The van der Waals surface area contributed by atoms with E-state index < -0.39 is 10.0 Å². The Balaban J connectivity index is 2.67. The van der Waals surface area contributed by atoms with Gasteiger partial charge in [0.2, 0.25) is 10.0 Å². The summed E-state index contributed by atoms with van der Waals surface area (Å²) >= 11 is 4.78. The molecular formula is C12H11N5O2S2. The van der Waals surface area contributed by atoms with Crippen LogP contribution in [0.4, 0.5) is 5.69 Å². The van der Waals surface area contributed by atoms with Gasteiger partial charge in [-0.15, -0.1) is 0 Å². The van der Waals surface area contributed by atoms with E-state index in [1.807, 2.05) is 6.07 Å². The minimum absolute atomic E-state index is 0.0339. The van der Waals surface area contributed by atoms with Crippen LogP contribution in [0.2, 0.25) is 0 Å². The Morgan fingerprint density at radius 2 is 2.33 bits per heavy atom. The third-order valence-corrected chi connectivity index (χ3v) is 3.40. The van der Waals surface area contributed by atoms with Gasteiger partial charge >= 0.3 is 0 Å². The molecule has 0 atom stereocenters. The van der Waals surface area contributed by atoms with Crippen LogP contribution in [0.1, 0.15) is 5.56 Å². The van der Waals surface area contributed by atoms with Crippen molar-refractivity contribution in [2.45, 2.75) is 0 Å². The number of rotatable bonds is 4. The summed E-state index contributed by atoms with van der Waals surface area (Å²) in [5, 5.41) is 9.53. The van der Waals surface area contributed by atoms with E-state index in [-0.39, 0.29) is 10.6 Å². The van der Waals surface area contributed by atoms with Gasteiger partial charge < -0.3 is 10.7 Å². The SMILES string of the molecule is CS(=O)(=O)Nc1ccnc2[nH]cc(/C=C(/C#N)C(N)=S)c12. The number of nitrogens with one attached hydrogen (secondary N) is 2. The van der Waals surface area contributed by atoms with Crippen LogP contribution in [0.25, 0.3) is 17.1 Å². The minimum atomic E-state index is -3.44. The molecule has 0 spiro atoms. The molecule has 2 aromatic rings. The van der Waals surface area contributed by atoms with Crippen LogP contribution < -0.4 is 10.5 Å². The molecule has 0 radical (unpaired) electrons. The summed E-state index contributed by atoms with van der Waals surface area (Å²) in [5.41, 5.74) is 6.98. The van der Waals surface area contributed by atoms with E-state index >= 15 is 0 Å². The van der Waals surface area contributed by atoms with Gasteiger partial charge in [-0.25, -0.2) is 13.4 Å². The van der Waals surface area contributed by atoms with Gasteiger partial charge in [-0.2, -0.15) is 5.26 Å². The Labute approximate surface area is 126 Å². The smallest absolute Gasteiger partial charge is 0.229 e. The molecule has 2 aromatic heterocycles. The maximum Gasteiger partial charge on any atom is 0.229 e. The largest absolute Gasteiger partial charge is 0.389 e. The van der Waals surface area contributed by atoms with E-state index in [9.17, 15) is 8.42 Å². The van der Waals surface area contributed by atoms with Crippen molar-refractivity contribution < 1.29 is 8.42 Å². The molecule has 0 aliphatic heterocycles. The van der Waals surface area contributed by atoms with Gasteiger partial charge in [0, 0.05) is 18.0 Å². The minimum Gasteiger partial charge on any atom is -0.389 e. The zero-order valence-electron chi connectivity index (χ0n) is 10.9. The summed E-state index contributed by atoms with van der Waals surface area (Å²) in [5.74, 6) is 0. The summed E-state index contributed by atoms with van der Waals surface area (Å²) < 4.78 is 25.2. The number of anilines is 1.